The highest BCUT2D eigenvalue weighted by Crippen LogP contribution is 2.21. The smallest absolute Gasteiger partial charge is 0.0436 e. The molecular weight excluding hydrogens is 192 g/mol. The second kappa shape index (κ2) is 6.84. The first-order chi connectivity index (χ1) is 6.77. The number of rotatable bonds is 4. The van der Waals surface area contributed by atoms with E-state index in [9.17, 15) is 0 Å². The van der Waals surface area contributed by atoms with E-state index in [0.717, 1.165) is 12.0 Å². The van der Waals surface area contributed by atoms with Crippen molar-refractivity contribution in [1.82, 2.24) is 6.15 Å². The van der Waals surface area contributed by atoms with Crippen LogP contribution in [0.25, 0.3) is 10.4 Å². The lowest BCUT2D eigenvalue weighted by Crippen LogP contribution is -1.95. The predicted octanol–water partition coefficient (Wildman–Crippen LogP) is 3.28. The number of hydrogen-bond acceptors (Lipinski definition) is 3. The lowest BCUT2D eigenvalue weighted by molar-refractivity contribution is 0.278. The van der Waals surface area contributed by atoms with Gasteiger partial charge in [-0.15, -0.1) is 0 Å². The van der Waals surface area contributed by atoms with Crippen molar-refractivity contribution in [2.24, 2.45) is 5.11 Å². The van der Waals surface area contributed by atoms with E-state index in [0.29, 0.717) is 11.6 Å². The highest BCUT2D eigenvalue weighted by Gasteiger charge is 2.03. The molecule has 5 heteroatoms. The van der Waals surface area contributed by atoms with Crippen LogP contribution in [-0.4, -0.2) is 11.7 Å². The zero-order chi connectivity index (χ0) is 10.4. The Morgan fingerprint density at radius 1 is 1.40 bits per heavy atom. The van der Waals surface area contributed by atoms with Gasteiger partial charge in [0.25, 0.3) is 0 Å². The van der Waals surface area contributed by atoms with Gasteiger partial charge in [0.2, 0.25) is 0 Å². The second-order valence-electron chi connectivity index (χ2n) is 3.19. The normalized spacial score (nSPS) is 11.1. The minimum Gasteiger partial charge on any atom is -0.396 e. The summed E-state index contributed by atoms with van der Waals surface area (Å²) in [5.74, 6) is 0.333. The fourth-order valence-electron chi connectivity index (χ4n) is 1.28. The molecule has 0 radical (unpaired) electrons. The molecule has 0 aliphatic carbocycles. The topological polar surface area (TPSA) is 104 Å². The lowest BCUT2D eigenvalue weighted by Gasteiger charge is -2.09. The molecule has 0 saturated carbocycles. The summed E-state index contributed by atoms with van der Waals surface area (Å²) < 4.78 is 0. The molecule has 0 aliphatic rings. The number of nitrogens with zero attached hydrogens (tertiary/aromatic N) is 3. The SMILES string of the molecule is CC(CCO)c1ccc(N=[N+]=[N-])cc1.N. The molecule has 4 N–H and O–H groups in total. The van der Waals surface area contributed by atoms with Crippen LogP contribution in [0.2, 0.25) is 0 Å². The summed E-state index contributed by atoms with van der Waals surface area (Å²) in [7, 11) is 0. The van der Waals surface area contributed by atoms with Crippen LogP contribution in [0.15, 0.2) is 29.4 Å². The van der Waals surface area contributed by atoms with Crippen molar-refractivity contribution < 1.29 is 5.11 Å². The summed E-state index contributed by atoms with van der Waals surface area (Å²) in [5, 5.41) is 12.3. The summed E-state index contributed by atoms with van der Waals surface area (Å²) in [4.78, 5) is 2.70. The van der Waals surface area contributed by atoms with Crippen LogP contribution < -0.4 is 6.15 Å². The van der Waals surface area contributed by atoms with Crippen molar-refractivity contribution in [3.63, 3.8) is 0 Å². The maximum absolute atomic E-state index is 8.77. The van der Waals surface area contributed by atoms with E-state index in [4.69, 9.17) is 10.6 Å². The Bertz CT molecular complexity index is 330. The maximum atomic E-state index is 8.77. The minimum absolute atomic E-state index is 0. The van der Waals surface area contributed by atoms with Gasteiger partial charge in [0.05, 0.1) is 0 Å². The number of aliphatic hydroxyl groups is 1. The van der Waals surface area contributed by atoms with E-state index in [2.05, 4.69) is 16.9 Å². The molecule has 1 aromatic rings. The molecule has 0 saturated heterocycles. The van der Waals surface area contributed by atoms with E-state index in [1.807, 2.05) is 12.1 Å². The third kappa shape index (κ3) is 3.99. The van der Waals surface area contributed by atoms with Crippen LogP contribution >= 0.6 is 0 Å². The zero-order valence-corrected chi connectivity index (χ0v) is 8.80. The number of azide groups is 1. The van der Waals surface area contributed by atoms with Crippen molar-refractivity contribution in [2.45, 2.75) is 19.3 Å². The standard InChI is InChI=1S/C10H13N3O.H3N/c1-8(6-7-14)9-2-4-10(5-3-9)12-13-11;/h2-5,8,14H,6-7H2,1H3;1H3. The van der Waals surface area contributed by atoms with Gasteiger partial charge in [-0.1, -0.05) is 36.3 Å². The van der Waals surface area contributed by atoms with Crippen LogP contribution in [-0.2, 0) is 0 Å². The fraction of sp³-hybridized carbons (Fsp3) is 0.400. The van der Waals surface area contributed by atoms with Crippen LogP contribution in [0.4, 0.5) is 5.69 Å². The van der Waals surface area contributed by atoms with E-state index in [-0.39, 0.29) is 12.8 Å². The molecule has 15 heavy (non-hydrogen) atoms. The Morgan fingerprint density at radius 3 is 2.47 bits per heavy atom. The molecule has 0 aromatic heterocycles. The zero-order valence-electron chi connectivity index (χ0n) is 8.80. The third-order valence-corrected chi connectivity index (χ3v) is 2.18. The Labute approximate surface area is 89.0 Å². The van der Waals surface area contributed by atoms with Gasteiger partial charge in [0.1, 0.15) is 0 Å². The second-order valence-corrected chi connectivity index (χ2v) is 3.19. The van der Waals surface area contributed by atoms with Gasteiger partial charge in [-0.3, -0.25) is 0 Å². The Morgan fingerprint density at radius 2 is 2.00 bits per heavy atom. The lowest BCUT2D eigenvalue weighted by atomic mass is 9.98. The molecule has 1 aromatic carbocycles. The fourth-order valence-corrected chi connectivity index (χ4v) is 1.28. The third-order valence-electron chi connectivity index (χ3n) is 2.18. The molecule has 5 nitrogen and oxygen atoms in total. The van der Waals surface area contributed by atoms with Gasteiger partial charge < -0.3 is 11.3 Å². The van der Waals surface area contributed by atoms with Crippen molar-refractivity contribution >= 4 is 5.69 Å². The van der Waals surface area contributed by atoms with Gasteiger partial charge in [-0.2, -0.15) is 0 Å². The summed E-state index contributed by atoms with van der Waals surface area (Å²) in [5.41, 5.74) is 9.97. The van der Waals surface area contributed by atoms with Crippen molar-refractivity contribution in [3.05, 3.63) is 40.3 Å². The van der Waals surface area contributed by atoms with Crippen molar-refractivity contribution in [3.8, 4) is 0 Å². The number of benzene rings is 1. The number of aliphatic hydroxyl groups excluding tert-OH is 1. The maximum Gasteiger partial charge on any atom is 0.0436 e. The first-order valence-electron chi connectivity index (χ1n) is 4.54. The first kappa shape index (κ1) is 13.4. The van der Waals surface area contributed by atoms with Crippen LogP contribution in [0, 0.1) is 0 Å². The summed E-state index contributed by atoms with van der Waals surface area (Å²) >= 11 is 0. The molecule has 1 unspecified atom stereocenters. The van der Waals surface area contributed by atoms with Gasteiger partial charge >= 0.3 is 0 Å². The van der Waals surface area contributed by atoms with E-state index < -0.39 is 0 Å². The van der Waals surface area contributed by atoms with Crippen LogP contribution in [0.1, 0.15) is 24.8 Å². The molecule has 1 atom stereocenters. The molecule has 0 amide bonds. The monoisotopic (exact) mass is 208 g/mol. The first-order valence-corrected chi connectivity index (χ1v) is 4.54. The molecule has 82 valence electrons. The van der Waals surface area contributed by atoms with Crippen LogP contribution in [0.3, 0.4) is 0 Å². The van der Waals surface area contributed by atoms with E-state index in [1.54, 1.807) is 12.1 Å². The van der Waals surface area contributed by atoms with E-state index in [1.165, 1.54) is 0 Å². The highest BCUT2D eigenvalue weighted by atomic mass is 16.3. The molecule has 0 aliphatic heterocycles. The van der Waals surface area contributed by atoms with Gasteiger partial charge in [-0.05, 0) is 23.4 Å². The summed E-state index contributed by atoms with van der Waals surface area (Å²) in [6, 6.07) is 7.40. The Kier molecular flexibility index (Phi) is 6.13. The van der Waals surface area contributed by atoms with E-state index >= 15 is 0 Å². The van der Waals surface area contributed by atoms with Gasteiger partial charge in [0, 0.05) is 17.2 Å². The molecule has 1 rings (SSSR count). The average Bonchev–Trinajstić information content (AvgIpc) is 2.20. The number of hydrogen-bond donors (Lipinski definition) is 2. The summed E-state index contributed by atoms with van der Waals surface area (Å²) in [6.45, 7) is 2.25. The molecule has 0 bridgehead atoms. The molecule has 0 heterocycles. The molecule has 0 spiro atoms. The van der Waals surface area contributed by atoms with Crippen LogP contribution in [0.5, 0.6) is 0 Å². The molecular formula is C10H16N4O. The quantitative estimate of drug-likeness (QED) is 0.450. The Hall–Kier alpha value is -1.55. The summed E-state index contributed by atoms with van der Waals surface area (Å²) in [6.07, 6.45) is 0.751. The molecule has 0 fully saturated rings. The Balaban J connectivity index is 0.00000196. The van der Waals surface area contributed by atoms with Gasteiger partial charge in [0.15, 0.2) is 0 Å². The van der Waals surface area contributed by atoms with Crippen molar-refractivity contribution in [1.29, 1.82) is 0 Å². The largest absolute Gasteiger partial charge is 0.396 e. The predicted molar refractivity (Wildman–Crippen MR) is 60.4 cm³/mol. The minimum atomic E-state index is 0. The highest BCUT2D eigenvalue weighted by molar-refractivity contribution is 5.39. The average molecular weight is 208 g/mol. The van der Waals surface area contributed by atoms with Gasteiger partial charge in [-0.25, -0.2) is 0 Å². The van der Waals surface area contributed by atoms with Crippen molar-refractivity contribution in [2.75, 3.05) is 6.61 Å².